The van der Waals surface area contributed by atoms with E-state index in [0.29, 0.717) is 12.8 Å². The number of carbonyl (C=O) groups excluding carboxylic acids is 2. The van der Waals surface area contributed by atoms with Gasteiger partial charge in [0.2, 0.25) is 0 Å². The molecule has 26 heavy (non-hydrogen) atoms. The molecule has 0 aliphatic heterocycles. The zero-order valence-corrected chi connectivity index (χ0v) is 16.4. The monoisotopic (exact) mass is 378 g/mol. The van der Waals surface area contributed by atoms with Gasteiger partial charge >= 0.3 is 0 Å². The van der Waals surface area contributed by atoms with Crippen LogP contribution in [0.3, 0.4) is 0 Å². The first-order valence-electron chi connectivity index (χ1n) is 9.59. The minimum Gasteiger partial charge on any atom is -0.390 e. The average Bonchev–Trinajstić information content (AvgIpc) is 2.80. The lowest BCUT2D eigenvalue weighted by molar-refractivity contribution is -0.194. The van der Waals surface area contributed by atoms with Crippen LogP contribution < -0.4 is 0 Å². The van der Waals surface area contributed by atoms with Crippen LogP contribution in [0, 0.1) is 34.5 Å². The highest BCUT2D eigenvalue weighted by molar-refractivity contribution is 7.96. The Balaban J connectivity index is 1.82. The second kappa shape index (κ2) is 5.54. The van der Waals surface area contributed by atoms with E-state index in [2.05, 4.69) is 12.6 Å². The van der Waals surface area contributed by atoms with Gasteiger partial charge in [-0.05, 0) is 62.0 Å². The molecule has 0 aromatic carbocycles. The van der Waals surface area contributed by atoms with E-state index in [-0.39, 0.29) is 41.0 Å². The fraction of sp³-hybridized carbons (Fsp3) is 0.714. The molecule has 3 nitrogen and oxygen atoms in total. The van der Waals surface area contributed by atoms with Gasteiger partial charge in [-0.3, -0.25) is 9.59 Å². The number of thiol groups is 1. The summed E-state index contributed by atoms with van der Waals surface area (Å²) in [5.41, 5.74) is -2.41. The maximum atomic E-state index is 16.8. The standard InChI is InChI=1S/C21H27FO3S/c1-11-8-15-14-5-4-12-9-13(23)6-7-20(12,3)21(14,22)16(24)10-19(15,2)17(11)18(25)26/h6-7,9,11,14-17,24H,4-5,8,10H2,1-3H3,(H,25,26)/t11-,14?,15?,16?,17?,19?,20?,21+/m1/s1. The Morgan fingerprint density at radius 1 is 1.35 bits per heavy atom. The fourth-order valence-corrected chi connectivity index (χ4v) is 7.65. The Bertz CT molecular complexity index is 746. The van der Waals surface area contributed by atoms with Crippen molar-refractivity contribution in [3.8, 4) is 0 Å². The Labute approximate surface area is 159 Å². The van der Waals surface area contributed by atoms with Crippen molar-refractivity contribution in [1.29, 1.82) is 0 Å². The molecule has 0 heterocycles. The number of rotatable bonds is 1. The van der Waals surface area contributed by atoms with Crippen molar-refractivity contribution in [1.82, 2.24) is 0 Å². The Morgan fingerprint density at radius 3 is 2.69 bits per heavy atom. The molecule has 0 amide bonds. The zero-order chi connectivity index (χ0) is 19.1. The van der Waals surface area contributed by atoms with Crippen molar-refractivity contribution < 1.29 is 19.1 Å². The van der Waals surface area contributed by atoms with Crippen LogP contribution in [0.1, 0.15) is 46.5 Å². The van der Waals surface area contributed by atoms with Gasteiger partial charge in [0.1, 0.15) is 0 Å². The molecular weight excluding hydrogens is 351 g/mol. The summed E-state index contributed by atoms with van der Waals surface area (Å²) in [6.07, 6.45) is 5.81. The van der Waals surface area contributed by atoms with E-state index in [0.717, 1.165) is 12.0 Å². The lowest BCUT2D eigenvalue weighted by atomic mass is 9.45. The van der Waals surface area contributed by atoms with Gasteiger partial charge in [0.15, 0.2) is 16.6 Å². The summed E-state index contributed by atoms with van der Waals surface area (Å²) in [7, 11) is 0. The zero-order valence-electron chi connectivity index (χ0n) is 15.5. The summed E-state index contributed by atoms with van der Waals surface area (Å²) >= 11 is 4.12. The second-order valence-corrected chi connectivity index (χ2v) is 9.82. The Kier molecular flexibility index (Phi) is 3.93. The van der Waals surface area contributed by atoms with Gasteiger partial charge in [-0.1, -0.05) is 25.5 Å². The highest BCUT2D eigenvalue weighted by Gasteiger charge is 2.71. The van der Waals surface area contributed by atoms with Crippen molar-refractivity contribution in [3.63, 3.8) is 0 Å². The number of hydrogen-bond acceptors (Lipinski definition) is 3. The maximum Gasteiger partial charge on any atom is 0.189 e. The summed E-state index contributed by atoms with van der Waals surface area (Å²) in [6, 6.07) is 0. The fourth-order valence-electron chi connectivity index (χ4n) is 7.10. The molecule has 0 aromatic rings. The molecule has 1 N–H and O–H groups in total. The first-order chi connectivity index (χ1) is 12.1. The largest absolute Gasteiger partial charge is 0.390 e. The van der Waals surface area contributed by atoms with Crippen LogP contribution >= 0.6 is 12.6 Å². The first-order valence-corrected chi connectivity index (χ1v) is 10.0. The normalized spacial score (nSPS) is 52.8. The van der Waals surface area contributed by atoms with Crippen molar-refractivity contribution in [2.45, 2.75) is 58.2 Å². The molecule has 0 radical (unpaired) electrons. The molecule has 3 fully saturated rings. The summed E-state index contributed by atoms with van der Waals surface area (Å²) in [4.78, 5) is 24.0. The van der Waals surface area contributed by atoms with Gasteiger partial charge in [-0.2, -0.15) is 0 Å². The van der Waals surface area contributed by atoms with E-state index < -0.39 is 22.6 Å². The molecule has 0 saturated heterocycles. The van der Waals surface area contributed by atoms with Gasteiger partial charge in [0, 0.05) is 17.3 Å². The van der Waals surface area contributed by atoms with Crippen LogP contribution in [0.5, 0.6) is 0 Å². The SMILES string of the molecule is C[C@@H]1CC2C3CCC4=CC(=O)C=CC4(C)[C@@]3(F)C(O)CC2(C)C1C(=O)S. The Hall–Kier alpha value is -0.940. The van der Waals surface area contributed by atoms with E-state index in [9.17, 15) is 14.7 Å². The summed E-state index contributed by atoms with van der Waals surface area (Å²) < 4.78 is 16.8. The van der Waals surface area contributed by atoms with Crippen LogP contribution in [0.25, 0.3) is 0 Å². The molecule has 6 unspecified atom stereocenters. The predicted octanol–water partition coefficient (Wildman–Crippen LogP) is 3.68. The van der Waals surface area contributed by atoms with Crippen molar-refractivity contribution in [2.24, 2.45) is 34.5 Å². The number of alkyl halides is 1. The van der Waals surface area contributed by atoms with Gasteiger partial charge in [0.25, 0.3) is 0 Å². The van der Waals surface area contributed by atoms with Crippen molar-refractivity contribution in [2.75, 3.05) is 0 Å². The van der Waals surface area contributed by atoms with Crippen LogP contribution in [0.2, 0.25) is 0 Å². The van der Waals surface area contributed by atoms with Crippen LogP contribution in [-0.2, 0) is 9.59 Å². The smallest absolute Gasteiger partial charge is 0.189 e. The lowest BCUT2D eigenvalue weighted by Crippen LogP contribution is -2.66. The maximum absolute atomic E-state index is 16.8. The van der Waals surface area contributed by atoms with Crippen LogP contribution in [-0.4, -0.2) is 27.8 Å². The summed E-state index contributed by atoms with van der Waals surface area (Å²) in [6.45, 7) is 5.90. The number of ketones is 1. The van der Waals surface area contributed by atoms with E-state index in [1.165, 1.54) is 6.08 Å². The molecule has 3 saturated carbocycles. The molecule has 5 heteroatoms. The van der Waals surface area contributed by atoms with E-state index in [1.807, 2.05) is 20.8 Å². The van der Waals surface area contributed by atoms with E-state index in [4.69, 9.17) is 0 Å². The topological polar surface area (TPSA) is 54.4 Å². The highest BCUT2D eigenvalue weighted by atomic mass is 32.1. The molecule has 0 aromatic heterocycles. The second-order valence-electron chi connectivity index (χ2n) is 9.38. The average molecular weight is 379 g/mol. The number of halogens is 1. The summed E-state index contributed by atoms with van der Waals surface area (Å²) in [5, 5.41) is 10.9. The first kappa shape index (κ1) is 18.4. The van der Waals surface area contributed by atoms with Crippen molar-refractivity contribution in [3.05, 3.63) is 23.8 Å². The molecule has 0 spiro atoms. The van der Waals surface area contributed by atoms with Gasteiger partial charge < -0.3 is 5.11 Å². The number of aliphatic hydroxyl groups is 1. The lowest BCUT2D eigenvalue weighted by Gasteiger charge is -2.61. The van der Waals surface area contributed by atoms with Crippen molar-refractivity contribution >= 4 is 23.5 Å². The molecule has 142 valence electrons. The van der Waals surface area contributed by atoms with E-state index >= 15 is 4.39 Å². The predicted molar refractivity (Wildman–Crippen MR) is 100 cm³/mol. The van der Waals surface area contributed by atoms with Gasteiger partial charge in [0.05, 0.1) is 6.10 Å². The summed E-state index contributed by atoms with van der Waals surface area (Å²) in [5.74, 6) is -0.501. The van der Waals surface area contributed by atoms with Gasteiger partial charge in [-0.15, -0.1) is 12.6 Å². The molecule has 4 aliphatic rings. The van der Waals surface area contributed by atoms with Crippen LogP contribution in [0.15, 0.2) is 23.8 Å². The number of aliphatic hydroxyl groups excluding tert-OH is 1. The number of allylic oxidation sites excluding steroid dienone is 4. The minimum absolute atomic E-state index is 0.0383. The quantitative estimate of drug-likeness (QED) is 0.685. The molecule has 8 atom stereocenters. The number of hydrogen-bond donors (Lipinski definition) is 2. The van der Waals surface area contributed by atoms with E-state index in [1.54, 1.807) is 12.2 Å². The number of fused-ring (bicyclic) bond motifs is 5. The molecular formula is C21H27FO3S. The third-order valence-corrected chi connectivity index (χ3v) is 8.53. The third kappa shape index (κ3) is 2.05. The minimum atomic E-state index is -1.81. The van der Waals surface area contributed by atoms with Crippen LogP contribution in [0.4, 0.5) is 4.39 Å². The highest BCUT2D eigenvalue weighted by Crippen LogP contribution is 2.69. The number of carbonyl (C=O) groups is 2. The molecule has 0 bridgehead atoms. The Morgan fingerprint density at radius 2 is 2.04 bits per heavy atom. The molecule has 4 aliphatic carbocycles. The third-order valence-electron chi connectivity index (χ3n) is 8.25. The molecule has 4 rings (SSSR count). The van der Waals surface area contributed by atoms with Gasteiger partial charge in [-0.25, -0.2) is 4.39 Å².